The summed E-state index contributed by atoms with van der Waals surface area (Å²) in [4.78, 5) is 11.3. The van der Waals surface area contributed by atoms with Crippen molar-refractivity contribution in [3.05, 3.63) is 34.3 Å². The Kier molecular flexibility index (Phi) is 5.45. The first-order chi connectivity index (χ1) is 7.65. The summed E-state index contributed by atoms with van der Waals surface area (Å²) in [7, 11) is 0. The number of carbonyl (C=O) groups excluding carboxylic acids is 1. The molecule has 0 aliphatic heterocycles. The van der Waals surface area contributed by atoms with Gasteiger partial charge in [0.05, 0.1) is 0 Å². The standard InChI is InChI=1S/C11H14BrNO3/c12-9-4-2-1-3-8(9)7-16-11(15)10(13)5-6-14/h1-4,10,14H,5-7,13H2. The van der Waals surface area contributed by atoms with Crippen molar-refractivity contribution in [3.63, 3.8) is 0 Å². The zero-order valence-electron chi connectivity index (χ0n) is 8.73. The quantitative estimate of drug-likeness (QED) is 0.799. The monoisotopic (exact) mass is 287 g/mol. The van der Waals surface area contributed by atoms with Crippen LogP contribution in [-0.2, 0) is 16.1 Å². The number of ether oxygens (including phenoxy) is 1. The summed E-state index contributed by atoms with van der Waals surface area (Å²) in [6, 6.07) is 6.72. The zero-order valence-corrected chi connectivity index (χ0v) is 10.3. The highest BCUT2D eigenvalue weighted by molar-refractivity contribution is 9.10. The topological polar surface area (TPSA) is 72.5 Å². The van der Waals surface area contributed by atoms with Gasteiger partial charge in [-0.05, 0) is 12.5 Å². The van der Waals surface area contributed by atoms with Crippen molar-refractivity contribution in [2.45, 2.75) is 19.1 Å². The van der Waals surface area contributed by atoms with E-state index < -0.39 is 12.0 Å². The minimum Gasteiger partial charge on any atom is -0.460 e. The lowest BCUT2D eigenvalue weighted by Gasteiger charge is -2.10. The molecule has 0 aromatic heterocycles. The third-order valence-corrected chi connectivity index (χ3v) is 2.84. The van der Waals surface area contributed by atoms with Crippen molar-refractivity contribution in [2.24, 2.45) is 5.73 Å². The van der Waals surface area contributed by atoms with Crippen LogP contribution in [0.15, 0.2) is 28.7 Å². The molecule has 0 aliphatic rings. The number of aliphatic hydroxyl groups excluding tert-OH is 1. The molecule has 0 fully saturated rings. The van der Waals surface area contributed by atoms with Crippen LogP contribution in [0.1, 0.15) is 12.0 Å². The Morgan fingerprint density at radius 3 is 2.81 bits per heavy atom. The average Bonchev–Trinajstić information content (AvgIpc) is 2.28. The van der Waals surface area contributed by atoms with Gasteiger partial charge in [0.2, 0.25) is 0 Å². The first-order valence-corrected chi connectivity index (χ1v) is 5.71. The van der Waals surface area contributed by atoms with Crippen LogP contribution in [0.4, 0.5) is 0 Å². The lowest BCUT2D eigenvalue weighted by Crippen LogP contribution is -2.33. The predicted octanol–water partition coefficient (Wildman–Crippen LogP) is 1.20. The van der Waals surface area contributed by atoms with Crippen LogP contribution in [0, 0.1) is 0 Å². The molecule has 0 amide bonds. The van der Waals surface area contributed by atoms with Gasteiger partial charge >= 0.3 is 5.97 Å². The van der Waals surface area contributed by atoms with Gasteiger partial charge in [0, 0.05) is 16.6 Å². The summed E-state index contributed by atoms with van der Waals surface area (Å²) in [6.45, 7) is 0.0602. The van der Waals surface area contributed by atoms with Gasteiger partial charge in [0.15, 0.2) is 0 Å². The van der Waals surface area contributed by atoms with Gasteiger partial charge in [-0.2, -0.15) is 0 Å². The fraction of sp³-hybridized carbons (Fsp3) is 0.364. The first kappa shape index (κ1) is 13.2. The molecular weight excluding hydrogens is 274 g/mol. The summed E-state index contributed by atoms with van der Waals surface area (Å²) in [6.07, 6.45) is 0.217. The van der Waals surface area contributed by atoms with Crippen LogP contribution in [0.2, 0.25) is 0 Å². The molecule has 4 nitrogen and oxygen atoms in total. The van der Waals surface area contributed by atoms with Crippen LogP contribution < -0.4 is 5.73 Å². The molecular formula is C11H14BrNO3. The summed E-state index contributed by atoms with van der Waals surface area (Å²) in [5.74, 6) is -0.496. The van der Waals surface area contributed by atoms with Crippen LogP contribution in [0.25, 0.3) is 0 Å². The summed E-state index contributed by atoms with van der Waals surface area (Å²) < 4.78 is 5.91. The number of esters is 1. The maximum absolute atomic E-state index is 11.3. The predicted molar refractivity (Wildman–Crippen MR) is 63.6 cm³/mol. The highest BCUT2D eigenvalue weighted by Gasteiger charge is 2.14. The fourth-order valence-electron chi connectivity index (χ4n) is 1.13. The molecule has 16 heavy (non-hydrogen) atoms. The van der Waals surface area contributed by atoms with Gasteiger partial charge in [-0.1, -0.05) is 34.1 Å². The molecule has 1 atom stereocenters. The Morgan fingerprint density at radius 2 is 2.19 bits per heavy atom. The van der Waals surface area contributed by atoms with E-state index in [-0.39, 0.29) is 19.6 Å². The smallest absolute Gasteiger partial charge is 0.323 e. The Labute approximate surface area is 103 Å². The lowest BCUT2D eigenvalue weighted by molar-refractivity contribution is -0.146. The van der Waals surface area contributed by atoms with E-state index in [2.05, 4.69) is 15.9 Å². The molecule has 0 spiro atoms. The van der Waals surface area contributed by atoms with Crippen LogP contribution in [-0.4, -0.2) is 23.7 Å². The third-order valence-electron chi connectivity index (χ3n) is 2.07. The molecule has 0 saturated heterocycles. The number of hydrogen-bond donors (Lipinski definition) is 2. The first-order valence-electron chi connectivity index (χ1n) is 4.91. The van der Waals surface area contributed by atoms with Crippen molar-refractivity contribution in [1.29, 1.82) is 0 Å². The maximum Gasteiger partial charge on any atom is 0.323 e. The summed E-state index contributed by atoms with van der Waals surface area (Å²) >= 11 is 3.35. The molecule has 0 heterocycles. The van der Waals surface area contributed by atoms with Crippen molar-refractivity contribution >= 4 is 21.9 Å². The molecule has 1 unspecified atom stereocenters. The van der Waals surface area contributed by atoms with Crippen LogP contribution >= 0.6 is 15.9 Å². The second kappa shape index (κ2) is 6.62. The maximum atomic E-state index is 11.3. The molecule has 0 bridgehead atoms. The van der Waals surface area contributed by atoms with E-state index >= 15 is 0 Å². The molecule has 1 aromatic carbocycles. The molecule has 5 heteroatoms. The van der Waals surface area contributed by atoms with Gasteiger partial charge in [-0.15, -0.1) is 0 Å². The molecule has 0 saturated carbocycles. The Hall–Kier alpha value is -0.910. The fourth-order valence-corrected chi connectivity index (χ4v) is 1.53. The summed E-state index contributed by atoms with van der Waals surface area (Å²) in [5.41, 5.74) is 6.37. The van der Waals surface area contributed by atoms with E-state index in [4.69, 9.17) is 15.6 Å². The highest BCUT2D eigenvalue weighted by atomic mass is 79.9. The van der Waals surface area contributed by atoms with E-state index in [1.54, 1.807) is 0 Å². The lowest BCUT2D eigenvalue weighted by atomic mass is 10.2. The largest absolute Gasteiger partial charge is 0.460 e. The minimum absolute atomic E-state index is 0.120. The van der Waals surface area contributed by atoms with E-state index in [9.17, 15) is 4.79 Å². The second-order valence-corrected chi connectivity index (χ2v) is 4.17. The van der Waals surface area contributed by atoms with Crippen molar-refractivity contribution < 1.29 is 14.6 Å². The molecule has 1 rings (SSSR count). The Bertz CT molecular complexity index is 357. The third kappa shape index (κ3) is 3.92. The number of halogens is 1. The van der Waals surface area contributed by atoms with Crippen molar-refractivity contribution in [3.8, 4) is 0 Å². The number of hydrogen-bond acceptors (Lipinski definition) is 4. The van der Waals surface area contributed by atoms with Crippen LogP contribution in [0.3, 0.4) is 0 Å². The highest BCUT2D eigenvalue weighted by Crippen LogP contribution is 2.16. The average molecular weight is 288 g/mol. The van der Waals surface area contributed by atoms with E-state index in [1.807, 2.05) is 24.3 Å². The minimum atomic E-state index is -0.757. The number of benzene rings is 1. The molecule has 3 N–H and O–H groups in total. The number of carbonyl (C=O) groups is 1. The Balaban J connectivity index is 2.46. The molecule has 0 radical (unpaired) electrons. The van der Waals surface area contributed by atoms with Crippen molar-refractivity contribution in [2.75, 3.05) is 6.61 Å². The van der Waals surface area contributed by atoms with Gasteiger partial charge in [-0.3, -0.25) is 4.79 Å². The van der Waals surface area contributed by atoms with Gasteiger partial charge < -0.3 is 15.6 Å². The van der Waals surface area contributed by atoms with Gasteiger partial charge in [-0.25, -0.2) is 0 Å². The number of nitrogens with two attached hydrogens (primary N) is 1. The molecule has 88 valence electrons. The Morgan fingerprint density at radius 1 is 1.50 bits per heavy atom. The summed E-state index contributed by atoms with van der Waals surface area (Å²) in [5, 5.41) is 8.62. The second-order valence-electron chi connectivity index (χ2n) is 3.32. The van der Waals surface area contributed by atoms with E-state index in [0.717, 1.165) is 10.0 Å². The van der Waals surface area contributed by atoms with Gasteiger partial charge in [0.1, 0.15) is 12.6 Å². The zero-order chi connectivity index (χ0) is 12.0. The number of aliphatic hydroxyl groups is 1. The van der Waals surface area contributed by atoms with E-state index in [0.29, 0.717) is 0 Å². The SMILES string of the molecule is NC(CCO)C(=O)OCc1ccccc1Br. The van der Waals surface area contributed by atoms with E-state index in [1.165, 1.54) is 0 Å². The molecule has 1 aromatic rings. The normalized spacial score (nSPS) is 12.2. The molecule has 0 aliphatic carbocycles. The van der Waals surface area contributed by atoms with Crippen molar-refractivity contribution in [1.82, 2.24) is 0 Å². The van der Waals surface area contributed by atoms with Gasteiger partial charge in [0.25, 0.3) is 0 Å². The number of rotatable bonds is 5. The van der Waals surface area contributed by atoms with Crippen LogP contribution in [0.5, 0.6) is 0 Å².